The van der Waals surface area contributed by atoms with Crippen molar-refractivity contribution in [1.82, 2.24) is 10.3 Å². The van der Waals surface area contributed by atoms with E-state index in [0.717, 1.165) is 41.7 Å². The molecular weight excluding hydrogens is 504 g/mol. The summed E-state index contributed by atoms with van der Waals surface area (Å²) < 4.78 is 11.0. The summed E-state index contributed by atoms with van der Waals surface area (Å²) in [5.41, 5.74) is 6.79. The van der Waals surface area contributed by atoms with Gasteiger partial charge in [-0.05, 0) is 93.2 Å². The van der Waals surface area contributed by atoms with E-state index < -0.39 is 5.97 Å². The van der Waals surface area contributed by atoms with Crippen molar-refractivity contribution in [2.75, 3.05) is 13.7 Å². The monoisotopic (exact) mass is 538 g/mol. The number of carboxylic acids is 1. The number of halogens is 1. The highest BCUT2D eigenvalue weighted by molar-refractivity contribution is 6.30. The second-order valence-corrected chi connectivity index (χ2v) is 8.62. The van der Waals surface area contributed by atoms with Crippen LogP contribution >= 0.6 is 11.6 Å². The Morgan fingerprint density at radius 1 is 1.18 bits per heavy atom. The summed E-state index contributed by atoms with van der Waals surface area (Å²) in [5.74, 6) is 1.14. The highest BCUT2D eigenvalue weighted by Gasteiger charge is 2.21. The summed E-state index contributed by atoms with van der Waals surface area (Å²) in [6.07, 6.45) is 4.97. The zero-order valence-electron chi connectivity index (χ0n) is 22.1. The van der Waals surface area contributed by atoms with E-state index in [2.05, 4.69) is 35.3 Å². The third-order valence-electron chi connectivity index (χ3n) is 5.36. The lowest BCUT2D eigenvalue weighted by atomic mass is 9.87. The van der Waals surface area contributed by atoms with Crippen LogP contribution in [0.2, 0.25) is 5.02 Å². The van der Waals surface area contributed by atoms with Gasteiger partial charge < -0.3 is 24.7 Å². The third kappa shape index (κ3) is 10.6. The molecule has 0 bridgehead atoms. The molecule has 0 radical (unpaired) electrons. The number of fused-ring (bicyclic) bond motifs is 1. The van der Waals surface area contributed by atoms with Gasteiger partial charge in [-0.15, -0.1) is 5.73 Å². The number of nitrogens with one attached hydrogen (secondary N) is 1. The summed E-state index contributed by atoms with van der Waals surface area (Å²) >= 11 is 5.80. The molecule has 0 unspecified atom stereocenters. The molecule has 1 aromatic heterocycles. The van der Waals surface area contributed by atoms with Crippen molar-refractivity contribution in [3.05, 3.63) is 101 Å². The number of benzene rings is 2. The Labute approximate surface area is 229 Å². The molecule has 0 fully saturated rings. The molecule has 1 aliphatic rings. The van der Waals surface area contributed by atoms with Gasteiger partial charge in [0.05, 0.1) is 0 Å². The van der Waals surface area contributed by atoms with Crippen molar-refractivity contribution in [1.29, 1.82) is 0 Å². The SMILES string of the molecule is C=C=C.C=O.CN[C@@H]1CCCc2c(OCC(=O)O)cccc21.Cc1cnc(Oc2ccc(Cl)cc2)c(C)c1. The molecule has 7 nitrogen and oxygen atoms in total. The topological polar surface area (TPSA) is 97.8 Å². The summed E-state index contributed by atoms with van der Waals surface area (Å²) in [5, 5.41) is 12.6. The van der Waals surface area contributed by atoms with Gasteiger partial charge in [-0.25, -0.2) is 9.78 Å². The lowest BCUT2D eigenvalue weighted by Gasteiger charge is -2.26. The van der Waals surface area contributed by atoms with E-state index >= 15 is 0 Å². The number of aromatic nitrogens is 1. The molecule has 3 aromatic rings. The first-order valence-electron chi connectivity index (χ1n) is 11.9. The van der Waals surface area contributed by atoms with Gasteiger partial charge >= 0.3 is 5.97 Å². The predicted octanol–water partition coefficient (Wildman–Crippen LogP) is 6.66. The van der Waals surface area contributed by atoms with Crippen LogP contribution < -0.4 is 14.8 Å². The second kappa shape index (κ2) is 17.5. The fourth-order valence-electron chi connectivity index (χ4n) is 3.81. The highest BCUT2D eigenvalue weighted by Crippen LogP contribution is 2.35. The fourth-order valence-corrected chi connectivity index (χ4v) is 3.94. The molecule has 2 aromatic carbocycles. The van der Waals surface area contributed by atoms with Gasteiger partial charge in [0.15, 0.2) is 6.61 Å². The van der Waals surface area contributed by atoms with Gasteiger partial charge in [0.2, 0.25) is 5.88 Å². The first kappa shape index (κ1) is 32.1. The number of hydrogen-bond acceptors (Lipinski definition) is 6. The molecule has 4 rings (SSSR count). The van der Waals surface area contributed by atoms with Crippen LogP contribution in [-0.2, 0) is 16.0 Å². The molecule has 1 aliphatic carbocycles. The minimum atomic E-state index is -0.941. The minimum Gasteiger partial charge on any atom is -0.482 e. The Kier molecular flexibility index (Phi) is 14.8. The molecule has 0 aliphatic heterocycles. The molecule has 0 saturated heterocycles. The molecule has 38 heavy (non-hydrogen) atoms. The van der Waals surface area contributed by atoms with E-state index in [4.69, 9.17) is 31.0 Å². The molecule has 0 amide bonds. The number of carboxylic acid groups (broad SMARTS) is 1. The molecule has 0 spiro atoms. The maximum Gasteiger partial charge on any atom is 0.341 e. The molecule has 1 heterocycles. The third-order valence-corrected chi connectivity index (χ3v) is 5.61. The number of pyridine rings is 1. The summed E-state index contributed by atoms with van der Waals surface area (Å²) in [4.78, 5) is 22.8. The summed E-state index contributed by atoms with van der Waals surface area (Å²) in [7, 11) is 1.95. The van der Waals surface area contributed by atoms with Crippen LogP contribution in [0.4, 0.5) is 0 Å². The highest BCUT2D eigenvalue weighted by atomic mass is 35.5. The van der Waals surface area contributed by atoms with Crippen LogP contribution in [-0.4, -0.2) is 36.5 Å². The van der Waals surface area contributed by atoms with Crippen molar-refractivity contribution in [3.8, 4) is 17.4 Å². The van der Waals surface area contributed by atoms with Crippen molar-refractivity contribution in [3.63, 3.8) is 0 Å². The minimum absolute atomic E-state index is 0.277. The zero-order chi connectivity index (χ0) is 28.5. The number of nitrogens with zero attached hydrogens (tertiary/aromatic N) is 1. The van der Waals surface area contributed by atoms with Gasteiger partial charge in [-0.2, -0.15) is 0 Å². The van der Waals surface area contributed by atoms with E-state index in [9.17, 15) is 4.79 Å². The second-order valence-electron chi connectivity index (χ2n) is 8.18. The van der Waals surface area contributed by atoms with E-state index in [1.165, 1.54) is 5.56 Å². The lowest BCUT2D eigenvalue weighted by Crippen LogP contribution is -2.22. The first-order chi connectivity index (χ1) is 18.3. The van der Waals surface area contributed by atoms with Crippen LogP contribution in [0.15, 0.2) is 73.6 Å². The van der Waals surface area contributed by atoms with E-state index in [1.807, 2.05) is 58.0 Å². The Morgan fingerprint density at radius 3 is 2.42 bits per heavy atom. The summed E-state index contributed by atoms with van der Waals surface area (Å²) in [6, 6.07) is 15.5. The Morgan fingerprint density at radius 2 is 1.84 bits per heavy atom. The molecule has 8 heteroatoms. The molecule has 1 atom stereocenters. The smallest absolute Gasteiger partial charge is 0.341 e. The molecule has 0 saturated carbocycles. The van der Waals surface area contributed by atoms with Crippen molar-refractivity contribution in [2.45, 2.75) is 39.2 Å². The Hall–Kier alpha value is -3.90. The zero-order valence-corrected chi connectivity index (χ0v) is 22.9. The van der Waals surface area contributed by atoms with Crippen molar-refractivity contribution < 1.29 is 24.2 Å². The van der Waals surface area contributed by atoms with Crippen molar-refractivity contribution >= 4 is 24.4 Å². The number of carbonyl (C=O) groups is 2. The largest absolute Gasteiger partial charge is 0.482 e. The van der Waals surface area contributed by atoms with Crippen LogP contribution in [0.1, 0.15) is 41.1 Å². The lowest BCUT2D eigenvalue weighted by molar-refractivity contribution is -0.139. The number of hydrogen-bond donors (Lipinski definition) is 2. The van der Waals surface area contributed by atoms with Crippen LogP contribution in [0.25, 0.3) is 0 Å². The van der Waals surface area contributed by atoms with Gasteiger partial charge in [0.1, 0.15) is 18.3 Å². The number of rotatable bonds is 6. The number of ether oxygens (including phenoxy) is 2. The van der Waals surface area contributed by atoms with E-state index in [0.29, 0.717) is 22.7 Å². The van der Waals surface area contributed by atoms with E-state index in [-0.39, 0.29) is 6.61 Å². The van der Waals surface area contributed by atoms with Gasteiger partial charge in [0, 0.05) is 22.8 Å². The van der Waals surface area contributed by atoms with Crippen molar-refractivity contribution in [2.24, 2.45) is 0 Å². The van der Waals surface area contributed by atoms with Gasteiger partial charge in [-0.3, -0.25) is 0 Å². The summed E-state index contributed by atoms with van der Waals surface area (Å²) in [6.45, 7) is 12.0. The predicted molar refractivity (Wildman–Crippen MR) is 151 cm³/mol. The van der Waals surface area contributed by atoms with E-state index in [1.54, 1.807) is 18.3 Å². The normalized spacial score (nSPS) is 12.9. The van der Waals surface area contributed by atoms with Crippen LogP contribution in [0.5, 0.6) is 17.4 Å². The maximum atomic E-state index is 10.5. The number of aryl methyl sites for hydroxylation is 2. The Balaban J connectivity index is 0.000000326. The number of carbonyl (C=O) groups excluding carboxylic acids is 1. The average molecular weight is 539 g/mol. The van der Waals surface area contributed by atoms with Gasteiger partial charge in [-0.1, -0.05) is 36.9 Å². The standard InChI is InChI=1S/C13H12ClNO.C13H17NO3.C3H4.CH2O/c1-9-7-10(2)13(15-8-9)16-12-5-3-11(14)4-6-12;1-14-11-6-2-5-10-9(11)4-3-7-12(10)17-8-13(15)16;1-3-2;1-2/h3-8H,1-2H3;3-4,7,11,14H,2,5-6,8H2,1H3,(H,15,16);1-2H2;1H2/t;11-;;/m.1../s1. The number of aliphatic carboxylic acids is 1. The first-order valence-corrected chi connectivity index (χ1v) is 12.2. The maximum absolute atomic E-state index is 10.5. The van der Waals surface area contributed by atoms with Gasteiger partial charge in [0.25, 0.3) is 0 Å². The molecule has 2 N–H and O–H groups in total. The van der Waals surface area contributed by atoms with Crippen LogP contribution in [0.3, 0.4) is 0 Å². The molecular formula is C30H35ClN2O5. The fraction of sp³-hybridized carbons (Fsp3) is 0.267. The average Bonchev–Trinajstić information content (AvgIpc) is 2.92. The quantitative estimate of drug-likeness (QED) is 0.338. The Bertz CT molecular complexity index is 1190. The van der Waals surface area contributed by atoms with Crippen LogP contribution in [0, 0.1) is 13.8 Å². The molecule has 202 valence electrons.